The number of ether oxygens (including phenoxy) is 1. The standard InChI is InChI=1S/C14H10Cl2FNO2/c15-9-5-6-10(16)13(18)12(9)14(19)20-7-8-3-1-2-4-11(8)17/h1-6H,7,18H2. The molecule has 104 valence electrons. The summed E-state index contributed by atoms with van der Waals surface area (Å²) in [4.78, 5) is 12.0. The van der Waals surface area contributed by atoms with E-state index in [1.54, 1.807) is 12.1 Å². The molecule has 0 unspecified atom stereocenters. The van der Waals surface area contributed by atoms with Gasteiger partial charge in [-0.1, -0.05) is 41.4 Å². The number of halogens is 3. The number of hydrogen-bond acceptors (Lipinski definition) is 3. The number of benzene rings is 2. The normalized spacial score (nSPS) is 10.3. The number of carbonyl (C=O) groups excluding carboxylic acids is 1. The molecule has 0 radical (unpaired) electrons. The van der Waals surface area contributed by atoms with E-state index in [4.69, 9.17) is 33.7 Å². The highest BCUT2D eigenvalue weighted by Crippen LogP contribution is 2.30. The molecule has 0 spiro atoms. The Balaban J connectivity index is 2.18. The molecule has 0 heterocycles. The molecule has 0 aliphatic heterocycles. The van der Waals surface area contributed by atoms with E-state index in [0.717, 1.165) is 0 Å². The fourth-order valence-corrected chi connectivity index (χ4v) is 2.01. The lowest BCUT2D eigenvalue weighted by molar-refractivity contribution is 0.0470. The second-order valence-electron chi connectivity index (χ2n) is 3.99. The minimum Gasteiger partial charge on any atom is -0.457 e. The van der Waals surface area contributed by atoms with Crippen LogP contribution in [0.25, 0.3) is 0 Å². The van der Waals surface area contributed by atoms with Gasteiger partial charge in [-0.25, -0.2) is 9.18 Å². The van der Waals surface area contributed by atoms with Crippen molar-refractivity contribution in [2.24, 2.45) is 0 Å². The summed E-state index contributed by atoms with van der Waals surface area (Å²) in [5.41, 5.74) is 5.98. The first kappa shape index (κ1) is 14.6. The average molecular weight is 314 g/mol. The topological polar surface area (TPSA) is 52.3 Å². The van der Waals surface area contributed by atoms with Gasteiger partial charge >= 0.3 is 5.97 Å². The Bertz CT molecular complexity index is 662. The van der Waals surface area contributed by atoms with Crippen molar-refractivity contribution < 1.29 is 13.9 Å². The third-order valence-electron chi connectivity index (χ3n) is 2.66. The van der Waals surface area contributed by atoms with E-state index in [1.165, 1.54) is 24.3 Å². The third kappa shape index (κ3) is 3.03. The first-order valence-corrected chi connectivity index (χ1v) is 6.40. The highest BCUT2D eigenvalue weighted by Gasteiger charge is 2.18. The van der Waals surface area contributed by atoms with Crippen molar-refractivity contribution in [3.8, 4) is 0 Å². The first-order valence-electron chi connectivity index (χ1n) is 5.64. The van der Waals surface area contributed by atoms with E-state index in [9.17, 15) is 9.18 Å². The number of carbonyl (C=O) groups is 1. The summed E-state index contributed by atoms with van der Waals surface area (Å²) >= 11 is 11.7. The number of esters is 1. The van der Waals surface area contributed by atoms with E-state index in [1.807, 2.05) is 0 Å². The second kappa shape index (κ2) is 6.11. The van der Waals surface area contributed by atoms with Crippen molar-refractivity contribution in [3.05, 3.63) is 63.4 Å². The lowest BCUT2D eigenvalue weighted by atomic mass is 10.2. The van der Waals surface area contributed by atoms with Gasteiger partial charge in [0.1, 0.15) is 18.0 Å². The largest absolute Gasteiger partial charge is 0.457 e. The molecule has 0 aromatic heterocycles. The molecule has 2 aromatic rings. The van der Waals surface area contributed by atoms with E-state index >= 15 is 0 Å². The van der Waals surface area contributed by atoms with E-state index in [0.29, 0.717) is 0 Å². The predicted molar refractivity (Wildman–Crippen MR) is 76.4 cm³/mol. The predicted octanol–water partition coefficient (Wildman–Crippen LogP) is 4.07. The molecule has 6 heteroatoms. The maximum Gasteiger partial charge on any atom is 0.342 e. The zero-order chi connectivity index (χ0) is 14.7. The molecule has 20 heavy (non-hydrogen) atoms. The molecule has 2 aromatic carbocycles. The van der Waals surface area contributed by atoms with Gasteiger partial charge in [0.25, 0.3) is 0 Å². The second-order valence-corrected chi connectivity index (χ2v) is 4.80. The highest BCUT2D eigenvalue weighted by atomic mass is 35.5. The van der Waals surface area contributed by atoms with Crippen LogP contribution in [0.1, 0.15) is 15.9 Å². The zero-order valence-electron chi connectivity index (χ0n) is 10.2. The molecule has 2 rings (SSSR count). The van der Waals surface area contributed by atoms with Crippen LogP contribution < -0.4 is 5.73 Å². The lowest BCUT2D eigenvalue weighted by Gasteiger charge is -2.10. The summed E-state index contributed by atoms with van der Waals surface area (Å²) in [5, 5.41) is 0.331. The Morgan fingerprint density at radius 1 is 1.15 bits per heavy atom. The summed E-state index contributed by atoms with van der Waals surface area (Å²) in [5.74, 6) is -1.20. The Kier molecular flexibility index (Phi) is 4.47. The molecular formula is C14H10Cl2FNO2. The number of hydrogen-bond donors (Lipinski definition) is 1. The van der Waals surface area contributed by atoms with E-state index in [2.05, 4.69) is 0 Å². The lowest BCUT2D eigenvalue weighted by Crippen LogP contribution is -2.10. The van der Waals surface area contributed by atoms with Gasteiger partial charge in [-0.05, 0) is 18.2 Å². The van der Waals surface area contributed by atoms with Crippen molar-refractivity contribution in [2.45, 2.75) is 6.61 Å². The SMILES string of the molecule is Nc1c(Cl)ccc(Cl)c1C(=O)OCc1ccccc1F. The van der Waals surface area contributed by atoms with Crippen LogP contribution in [0.2, 0.25) is 10.0 Å². The van der Waals surface area contributed by atoms with Crippen LogP contribution in [-0.4, -0.2) is 5.97 Å². The molecule has 0 saturated carbocycles. The Labute approximate surface area is 125 Å². The summed E-state index contributed by atoms with van der Waals surface area (Å²) in [6.07, 6.45) is 0. The van der Waals surface area contributed by atoms with Crippen molar-refractivity contribution in [2.75, 3.05) is 5.73 Å². The van der Waals surface area contributed by atoms with Crippen LogP contribution in [0.4, 0.5) is 10.1 Å². The summed E-state index contributed by atoms with van der Waals surface area (Å²) in [7, 11) is 0. The van der Waals surface area contributed by atoms with Crippen LogP contribution in [-0.2, 0) is 11.3 Å². The van der Waals surface area contributed by atoms with Gasteiger partial charge in [0.15, 0.2) is 0 Å². The summed E-state index contributed by atoms with van der Waals surface area (Å²) in [6.45, 7) is -0.214. The monoisotopic (exact) mass is 313 g/mol. The van der Waals surface area contributed by atoms with Crippen molar-refractivity contribution in [3.63, 3.8) is 0 Å². The molecular weight excluding hydrogens is 304 g/mol. The minimum atomic E-state index is -0.752. The molecule has 0 aliphatic carbocycles. The van der Waals surface area contributed by atoms with Gasteiger partial charge in [-0.3, -0.25) is 0 Å². The van der Waals surface area contributed by atoms with Gasteiger partial charge in [0.2, 0.25) is 0 Å². The molecule has 2 N–H and O–H groups in total. The molecule has 0 aliphatic rings. The van der Waals surface area contributed by atoms with Crippen LogP contribution in [0.5, 0.6) is 0 Å². The fourth-order valence-electron chi connectivity index (χ4n) is 1.61. The van der Waals surface area contributed by atoms with Gasteiger partial charge in [-0.15, -0.1) is 0 Å². The highest BCUT2D eigenvalue weighted by molar-refractivity contribution is 6.38. The molecule has 0 amide bonds. The van der Waals surface area contributed by atoms with Crippen molar-refractivity contribution >= 4 is 34.9 Å². The van der Waals surface area contributed by atoms with Gasteiger partial charge in [0, 0.05) is 5.56 Å². The van der Waals surface area contributed by atoms with Crippen LogP contribution in [0.15, 0.2) is 36.4 Å². The van der Waals surface area contributed by atoms with Crippen molar-refractivity contribution in [1.29, 1.82) is 0 Å². The number of nitrogen functional groups attached to an aromatic ring is 1. The molecule has 0 bridgehead atoms. The van der Waals surface area contributed by atoms with Crippen LogP contribution >= 0.6 is 23.2 Å². The number of rotatable bonds is 3. The first-order chi connectivity index (χ1) is 9.50. The maximum absolute atomic E-state index is 13.4. The molecule has 3 nitrogen and oxygen atoms in total. The smallest absolute Gasteiger partial charge is 0.342 e. The Hall–Kier alpha value is -1.78. The molecule has 0 atom stereocenters. The van der Waals surface area contributed by atoms with Gasteiger partial charge in [0.05, 0.1) is 15.7 Å². The zero-order valence-corrected chi connectivity index (χ0v) is 11.7. The van der Waals surface area contributed by atoms with Crippen LogP contribution in [0, 0.1) is 5.82 Å². The fraction of sp³-hybridized carbons (Fsp3) is 0.0714. The quantitative estimate of drug-likeness (QED) is 0.686. The molecule has 0 saturated heterocycles. The Morgan fingerprint density at radius 3 is 2.50 bits per heavy atom. The average Bonchev–Trinajstić information content (AvgIpc) is 2.42. The maximum atomic E-state index is 13.4. The van der Waals surface area contributed by atoms with E-state index in [-0.39, 0.29) is 33.5 Å². The van der Waals surface area contributed by atoms with Gasteiger partial charge < -0.3 is 10.5 Å². The molecule has 0 fully saturated rings. The minimum absolute atomic E-state index is 0.0181. The Morgan fingerprint density at radius 2 is 1.80 bits per heavy atom. The van der Waals surface area contributed by atoms with E-state index < -0.39 is 11.8 Å². The number of nitrogens with two attached hydrogens (primary N) is 1. The summed E-state index contributed by atoms with van der Waals surface area (Å²) < 4.78 is 18.4. The summed E-state index contributed by atoms with van der Waals surface area (Å²) in [6, 6.07) is 8.92. The van der Waals surface area contributed by atoms with Crippen molar-refractivity contribution in [1.82, 2.24) is 0 Å². The van der Waals surface area contributed by atoms with Crippen LogP contribution in [0.3, 0.4) is 0 Å². The number of anilines is 1. The van der Waals surface area contributed by atoms with Gasteiger partial charge in [-0.2, -0.15) is 0 Å². The third-order valence-corrected chi connectivity index (χ3v) is 3.31.